The van der Waals surface area contributed by atoms with E-state index >= 15 is 0 Å². The Kier molecular flexibility index (Phi) is 4.58. The maximum atomic E-state index is 13.7. The van der Waals surface area contributed by atoms with E-state index in [-0.39, 0.29) is 12.1 Å². The third-order valence-corrected chi connectivity index (χ3v) is 3.19. The van der Waals surface area contributed by atoms with Gasteiger partial charge in [0.25, 0.3) is 5.91 Å². The Morgan fingerprint density at radius 2 is 2.05 bits per heavy atom. The van der Waals surface area contributed by atoms with Gasteiger partial charge in [-0.05, 0) is 23.8 Å². The number of rotatable bonds is 4. The third-order valence-electron chi connectivity index (χ3n) is 2.82. The van der Waals surface area contributed by atoms with Crippen molar-refractivity contribution in [3.05, 3.63) is 64.4 Å². The summed E-state index contributed by atoms with van der Waals surface area (Å²) in [4.78, 5) is 11.9. The van der Waals surface area contributed by atoms with Gasteiger partial charge in [0.1, 0.15) is 11.6 Å². The van der Waals surface area contributed by atoms with Gasteiger partial charge in [0.05, 0.1) is 12.7 Å². The van der Waals surface area contributed by atoms with Crippen LogP contribution in [0, 0.1) is 5.82 Å². The van der Waals surface area contributed by atoms with Crippen LogP contribution in [0.2, 0.25) is 5.02 Å². The molecule has 104 valence electrons. The number of hydrogen-bond acceptors (Lipinski definition) is 2. The Balaban J connectivity index is 2.07. The highest BCUT2D eigenvalue weighted by molar-refractivity contribution is 6.31. The van der Waals surface area contributed by atoms with E-state index < -0.39 is 11.7 Å². The molecule has 0 spiro atoms. The van der Waals surface area contributed by atoms with Crippen LogP contribution < -0.4 is 10.1 Å². The molecule has 5 heteroatoms. The molecule has 2 rings (SSSR count). The van der Waals surface area contributed by atoms with Crippen LogP contribution in [0.5, 0.6) is 5.75 Å². The lowest BCUT2D eigenvalue weighted by atomic mass is 10.1. The summed E-state index contributed by atoms with van der Waals surface area (Å²) in [5.41, 5.74) is 0.745. The number of ether oxygens (including phenoxy) is 1. The molecular weight excluding hydrogens is 281 g/mol. The summed E-state index contributed by atoms with van der Waals surface area (Å²) >= 11 is 5.98. The summed E-state index contributed by atoms with van der Waals surface area (Å²) in [5.74, 6) is -0.753. The SMILES string of the molecule is COc1ccc(C(=O)NCc2ccccc2Cl)c(F)c1. The molecule has 2 aromatic rings. The first-order valence-electron chi connectivity index (χ1n) is 5.97. The zero-order valence-corrected chi connectivity index (χ0v) is 11.6. The number of carbonyl (C=O) groups is 1. The average molecular weight is 294 g/mol. The lowest BCUT2D eigenvalue weighted by Crippen LogP contribution is -2.24. The molecular formula is C15H13ClFNO2. The molecule has 0 radical (unpaired) electrons. The zero-order valence-electron chi connectivity index (χ0n) is 10.8. The summed E-state index contributed by atoms with van der Waals surface area (Å²) in [6.45, 7) is 0.240. The molecule has 0 aliphatic carbocycles. The van der Waals surface area contributed by atoms with Crippen LogP contribution in [0.15, 0.2) is 42.5 Å². The van der Waals surface area contributed by atoms with E-state index in [9.17, 15) is 9.18 Å². The van der Waals surface area contributed by atoms with Crippen molar-refractivity contribution < 1.29 is 13.9 Å². The molecule has 0 unspecified atom stereocenters. The smallest absolute Gasteiger partial charge is 0.254 e. The number of hydrogen-bond donors (Lipinski definition) is 1. The Morgan fingerprint density at radius 1 is 1.30 bits per heavy atom. The fraction of sp³-hybridized carbons (Fsp3) is 0.133. The molecule has 0 aliphatic rings. The summed E-state index contributed by atoms with van der Waals surface area (Å²) in [6.07, 6.45) is 0. The van der Waals surface area contributed by atoms with Crippen LogP contribution in [-0.4, -0.2) is 13.0 Å². The number of halogens is 2. The molecule has 0 saturated heterocycles. The lowest BCUT2D eigenvalue weighted by molar-refractivity contribution is 0.0947. The molecule has 0 bridgehead atoms. The Hall–Kier alpha value is -2.07. The van der Waals surface area contributed by atoms with E-state index in [0.717, 1.165) is 5.56 Å². The van der Waals surface area contributed by atoms with Gasteiger partial charge in [-0.15, -0.1) is 0 Å². The van der Waals surface area contributed by atoms with Gasteiger partial charge in [-0.1, -0.05) is 29.8 Å². The molecule has 0 fully saturated rings. The maximum absolute atomic E-state index is 13.7. The number of amides is 1. The first kappa shape index (κ1) is 14.3. The second kappa shape index (κ2) is 6.39. The first-order chi connectivity index (χ1) is 9.61. The Labute approximate surface area is 121 Å². The first-order valence-corrected chi connectivity index (χ1v) is 6.34. The van der Waals surface area contributed by atoms with Crippen molar-refractivity contribution in [1.82, 2.24) is 5.32 Å². The van der Waals surface area contributed by atoms with Crippen LogP contribution in [0.1, 0.15) is 15.9 Å². The van der Waals surface area contributed by atoms with Crippen molar-refractivity contribution in [2.45, 2.75) is 6.54 Å². The minimum absolute atomic E-state index is 0.0298. The van der Waals surface area contributed by atoms with Crippen LogP contribution in [0.4, 0.5) is 4.39 Å². The maximum Gasteiger partial charge on any atom is 0.254 e. The van der Waals surface area contributed by atoms with Crippen LogP contribution in [0.3, 0.4) is 0 Å². The minimum atomic E-state index is -0.624. The molecule has 0 saturated carbocycles. The fourth-order valence-corrected chi connectivity index (χ4v) is 1.92. The molecule has 1 amide bonds. The van der Waals surface area contributed by atoms with Crippen molar-refractivity contribution in [3.63, 3.8) is 0 Å². The van der Waals surface area contributed by atoms with E-state index in [1.54, 1.807) is 18.2 Å². The van der Waals surface area contributed by atoms with E-state index in [1.165, 1.54) is 25.3 Å². The van der Waals surface area contributed by atoms with Gasteiger partial charge in [-0.3, -0.25) is 4.79 Å². The topological polar surface area (TPSA) is 38.3 Å². The molecule has 3 nitrogen and oxygen atoms in total. The lowest BCUT2D eigenvalue weighted by Gasteiger charge is -2.08. The second-order valence-corrected chi connectivity index (χ2v) is 4.53. The van der Waals surface area contributed by atoms with Crippen LogP contribution >= 0.6 is 11.6 Å². The number of carbonyl (C=O) groups excluding carboxylic acids is 1. The van der Waals surface area contributed by atoms with Gasteiger partial charge >= 0.3 is 0 Å². The third kappa shape index (κ3) is 3.27. The van der Waals surface area contributed by atoms with Gasteiger partial charge in [-0.25, -0.2) is 4.39 Å². The monoisotopic (exact) mass is 293 g/mol. The molecule has 0 aliphatic heterocycles. The van der Waals surface area contributed by atoms with Gasteiger partial charge < -0.3 is 10.1 Å². The Morgan fingerprint density at radius 3 is 2.70 bits per heavy atom. The molecule has 0 aromatic heterocycles. The normalized spacial score (nSPS) is 10.2. The summed E-state index contributed by atoms with van der Waals surface area (Å²) in [7, 11) is 1.44. The number of methoxy groups -OCH3 is 1. The highest BCUT2D eigenvalue weighted by Crippen LogP contribution is 2.17. The van der Waals surface area contributed by atoms with Crippen molar-refractivity contribution >= 4 is 17.5 Å². The van der Waals surface area contributed by atoms with Crippen LogP contribution in [-0.2, 0) is 6.54 Å². The quantitative estimate of drug-likeness (QED) is 0.938. The molecule has 20 heavy (non-hydrogen) atoms. The van der Waals surface area contributed by atoms with E-state index in [1.807, 2.05) is 6.07 Å². The van der Waals surface area contributed by atoms with Crippen LogP contribution in [0.25, 0.3) is 0 Å². The molecule has 0 atom stereocenters. The Bertz CT molecular complexity index is 631. The summed E-state index contributed by atoms with van der Waals surface area (Å²) in [5, 5.41) is 3.19. The predicted octanol–water partition coefficient (Wildman–Crippen LogP) is 3.42. The standard InChI is InChI=1S/C15H13ClFNO2/c1-20-11-6-7-12(14(17)8-11)15(19)18-9-10-4-2-3-5-13(10)16/h2-8H,9H2,1H3,(H,18,19). The largest absolute Gasteiger partial charge is 0.497 e. The zero-order chi connectivity index (χ0) is 14.5. The fourth-order valence-electron chi connectivity index (χ4n) is 1.72. The highest BCUT2D eigenvalue weighted by atomic mass is 35.5. The van der Waals surface area contributed by atoms with Gasteiger partial charge in [0.15, 0.2) is 0 Å². The molecule has 1 N–H and O–H groups in total. The summed E-state index contributed by atoms with van der Waals surface area (Å²) in [6, 6.07) is 11.2. The van der Waals surface area contributed by atoms with Gasteiger partial charge in [0, 0.05) is 17.6 Å². The second-order valence-electron chi connectivity index (χ2n) is 4.12. The van der Waals surface area contributed by atoms with Gasteiger partial charge in [-0.2, -0.15) is 0 Å². The van der Waals surface area contributed by atoms with Crippen molar-refractivity contribution in [3.8, 4) is 5.75 Å². The summed E-state index contributed by atoms with van der Waals surface area (Å²) < 4.78 is 18.6. The van der Waals surface area contributed by atoms with E-state index in [2.05, 4.69) is 5.32 Å². The number of benzene rings is 2. The minimum Gasteiger partial charge on any atom is -0.497 e. The van der Waals surface area contributed by atoms with Crippen molar-refractivity contribution in [2.24, 2.45) is 0 Å². The average Bonchev–Trinajstić information content (AvgIpc) is 2.46. The van der Waals surface area contributed by atoms with E-state index in [0.29, 0.717) is 10.8 Å². The highest BCUT2D eigenvalue weighted by Gasteiger charge is 2.12. The molecule has 0 heterocycles. The predicted molar refractivity (Wildman–Crippen MR) is 75.6 cm³/mol. The van der Waals surface area contributed by atoms with Crippen molar-refractivity contribution in [1.29, 1.82) is 0 Å². The number of nitrogens with one attached hydrogen (secondary N) is 1. The molecule has 2 aromatic carbocycles. The van der Waals surface area contributed by atoms with Gasteiger partial charge in [0.2, 0.25) is 0 Å². The van der Waals surface area contributed by atoms with Crippen molar-refractivity contribution in [2.75, 3.05) is 7.11 Å². The van der Waals surface area contributed by atoms with E-state index in [4.69, 9.17) is 16.3 Å².